The molecule has 1 fully saturated rings. The topological polar surface area (TPSA) is 81.7 Å². The van der Waals surface area contributed by atoms with Gasteiger partial charge in [-0.1, -0.05) is 42.5 Å². The van der Waals surface area contributed by atoms with Crippen molar-refractivity contribution in [1.82, 2.24) is 15.5 Å². The van der Waals surface area contributed by atoms with Crippen LogP contribution in [0.2, 0.25) is 0 Å². The molecule has 0 saturated carbocycles. The molecule has 2 aromatic rings. The fourth-order valence-corrected chi connectivity index (χ4v) is 3.60. The van der Waals surface area contributed by atoms with E-state index in [1.807, 2.05) is 37.3 Å². The smallest absolute Gasteiger partial charge is 0.251 e. The second-order valence-electron chi connectivity index (χ2n) is 8.05. The van der Waals surface area contributed by atoms with E-state index in [0.29, 0.717) is 12.1 Å². The van der Waals surface area contributed by atoms with Crippen molar-refractivity contribution < 1.29 is 14.7 Å². The molecule has 1 heterocycles. The number of carbonyl (C=O) groups is 2. The Morgan fingerprint density at radius 2 is 1.67 bits per heavy atom. The van der Waals surface area contributed by atoms with Crippen molar-refractivity contribution in [2.45, 2.75) is 51.4 Å². The van der Waals surface area contributed by atoms with Crippen molar-refractivity contribution >= 4 is 11.8 Å². The van der Waals surface area contributed by atoms with Crippen LogP contribution >= 0.6 is 0 Å². The summed E-state index contributed by atoms with van der Waals surface area (Å²) in [7, 11) is 0. The maximum atomic E-state index is 12.2. The average molecular weight is 410 g/mol. The van der Waals surface area contributed by atoms with E-state index in [2.05, 4.69) is 27.7 Å². The minimum Gasteiger partial charge on any atom is -0.393 e. The maximum Gasteiger partial charge on any atom is 0.251 e. The first-order valence-electron chi connectivity index (χ1n) is 10.6. The molecular weight excluding hydrogens is 378 g/mol. The molecule has 0 bridgehead atoms. The molecule has 1 aliphatic rings. The molecular formula is C24H31N3O3. The summed E-state index contributed by atoms with van der Waals surface area (Å²) in [6.07, 6.45) is 1.77. The van der Waals surface area contributed by atoms with Gasteiger partial charge in [-0.3, -0.25) is 14.5 Å². The van der Waals surface area contributed by atoms with Crippen LogP contribution in [0.4, 0.5) is 0 Å². The van der Waals surface area contributed by atoms with Gasteiger partial charge in [0.05, 0.1) is 6.10 Å². The molecule has 2 amide bonds. The fourth-order valence-electron chi connectivity index (χ4n) is 3.60. The normalized spacial score (nSPS) is 16.1. The molecule has 3 rings (SSSR count). The summed E-state index contributed by atoms with van der Waals surface area (Å²) in [5.41, 5.74) is 2.87. The van der Waals surface area contributed by atoms with Gasteiger partial charge in [-0.25, -0.2) is 0 Å². The zero-order chi connectivity index (χ0) is 21.3. The molecule has 6 heteroatoms. The Balaban J connectivity index is 1.38. The minimum absolute atomic E-state index is 0.0909. The first-order chi connectivity index (χ1) is 14.5. The van der Waals surface area contributed by atoms with Crippen molar-refractivity contribution in [2.24, 2.45) is 0 Å². The molecule has 2 aromatic carbocycles. The molecule has 160 valence electrons. The number of carbonyl (C=O) groups excluding carboxylic acids is 2. The Kier molecular flexibility index (Phi) is 7.99. The van der Waals surface area contributed by atoms with E-state index >= 15 is 0 Å². The van der Waals surface area contributed by atoms with Gasteiger partial charge in [-0.2, -0.15) is 0 Å². The van der Waals surface area contributed by atoms with Crippen molar-refractivity contribution in [3.63, 3.8) is 0 Å². The van der Waals surface area contributed by atoms with Gasteiger partial charge in [-0.05, 0) is 43.0 Å². The van der Waals surface area contributed by atoms with E-state index in [1.54, 1.807) is 12.1 Å². The van der Waals surface area contributed by atoms with Gasteiger partial charge in [0, 0.05) is 44.2 Å². The van der Waals surface area contributed by atoms with Gasteiger partial charge in [-0.15, -0.1) is 0 Å². The number of aliphatic hydroxyl groups is 1. The van der Waals surface area contributed by atoms with Crippen molar-refractivity contribution in [2.75, 3.05) is 13.1 Å². The number of amides is 2. The predicted molar refractivity (Wildman–Crippen MR) is 117 cm³/mol. The van der Waals surface area contributed by atoms with E-state index < -0.39 is 0 Å². The number of benzene rings is 2. The molecule has 1 aliphatic heterocycles. The lowest BCUT2D eigenvalue weighted by Gasteiger charge is -2.29. The van der Waals surface area contributed by atoms with Crippen LogP contribution < -0.4 is 10.6 Å². The van der Waals surface area contributed by atoms with Crippen LogP contribution in [0, 0.1) is 0 Å². The van der Waals surface area contributed by atoms with Crippen LogP contribution in [-0.2, 0) is 17.9 Å². The van der Waals surface area contributed by atoms with Crippen molar-refractivity contribution in [3.05, 3.63) is 71.3 Å². The molecule has 1 unspecified atom stereocenters. The van der Waals surface area contributed by atoms with E-state index in [-0.39, 0.29) is 30.4 Å². The number of nitrogens with zero attached hydrogens (tertiary/aromatic N) is 1. The number of piperidine rings is 1. The average Bonchev–Trinajstić information content (AvgIpc) is 2.75. The lowest BCUT2D eigenvalue weighted by Crippen LogP contribution is -2.37. The summed E-state index contributed by atoms with van der Waals surface area (Å²) in [4.78, 5) is 26.7. The van der Waals surface area contributed by atoms with E-state index in [9.17, 15) is 14.7 Å². The van der Waals surface area contributed by atoms with Crippen LogP contribution in [0.3, 0.4) is 0 Å². The number of nitrogens with one attached hydrogen (secondary N) is 2. The zero-order valence-electron chi connectivity index (χ0n) is 17.5. The summed E-state index contributed by atoms with van der Waals surface area (Å²) in [6, 6.07) is 17.0. The quantitative estimate of drug-likeness (QED) is 0.626. The number of likely N-dealkylation sites (tertiary alicyclic amines) is 1. The highest BCUT2D eigenvalue weighted by Crippen LogP contribution is 2.14. The maximum absolute atomic E-state index is 12.2. The van der Waals surface area contributed by atoms with Gasteiger partial charge in [0.2, 0.25) is 5.91 Å². The van der Waals surface area contributed by atoms with Crippen LogP contribution in [0.25, 0.3) is 0 Å². The Morgan fingerprint density at radius 3 is 2.33 bits per heavy atom. The van der Waals surface area contributed by atoms with E-state index in [4.69, 9.17) is 0 Å². The largest absolute Gasteiger partial charge is 0.393 e. The summed E-state index contributed by atoms with van der Waals surface area (Å²) < 4.78 is 0. The standard InChI is InChI=1S/C24H31N3O3/c1-18(26-24(30)21-5-3-2-4-6-21)15-23(29)25-16-19-7-9-20(10-8-19)17-27-13-11-22(28)12-14-27/h2-10,18,22,28H,11-17H2,1H3,(H,25,29)(H,26,30). The highest BCUT2D eigenvalue weighted by atomic mass is 16.3. The van der Waals surface area contributed by atoms with Gasteiger partial charge >= 0.3 is 0 Å². The lowest BCUT2D eigenvalue weighted by atomic mass is 10.1. The van der Waals surface area contributed by atoms with Crippen molar-refractivity contribution in [1.29, 1.82) is 0 Å². The first kappa shape index (κ1) is 22.0. The molecule has 1 saturated heterocycles. The minimum atomic E-state index is -0.247. The number of rotatable bonds is 8. The number of hydrogen-bond donors (Lipinski definition) is 3. The lowest BCUT2D eigenvalue weighted by molar-refractivity contribution is -0.121. The Bertz CT molecular complexity index is 815. The highest BCUT2D eigenvalue weighted by Gasteiger charge is 2.17. The molecule has 6 nitrogen and oxygen atoms in total. The third-order valence-corrected chi connectivity index (χ3v) is 5.38. The Hall–Kier alpha value is -2.70. The molecule has 3 N–H and O–H groups in total. The summed E-state index contributed by atoms with van der Waals surface area (Å²) in [5.74, 6) is -0.262. The summed E-state index contributed by atoms with van der Waals surface area (Å²) >= 11 is 0. The monoisotopic (exact) mass is 409 g/mol. The van der Waals surface area contributed by atoms with Gasteiger partial charge in [0.1, 0.15) is 0 Å². The summed E-state index contributed by atoms with van der Waals surface area (Å²) in [5, 5.41) is 15.4. The molecule has 1 atom stereocenters. The molecule has 30 heavy (non-hydrogen) atoms. The fraction of sp³-hybridized carbons (Fsp3) is 0.417. The number of aliphatic hydroxyl groups excluding tert-OH is 1. The van der Waals surface area contributed by atoms with Crippen LogP contribution in [0.5, 0.6) is 0 Å². The van der Waals surface area contributed by atoms with Crippen LogP contribution in [0.1, 0.15) is 47.7 Å². The highest BCUT2D eigenvalue weighted by molar-refractivity contribution is 5.94. The van der Waals surface area contributed by atoms with Gasteiger partial charge < -0.3 is 15.7 Å². The molecule has 0 aliphatic carbocycles. The molecule has 0 radical (unpaired) electrons. The number of hydrogen-bond acceptors (Lipinski definition) is 4. The SMILES string of the molecule is CC(CC(=O)NCc1ccc(CN2CCC(O)CC2)cc1)NC(=O)c1ccccc1. The second kappa shape index (κ2) is 10.9. The van der Waals surface area contributed by atoms with Crippen LogP contribution in [0.15, 0.2) is 54.6 Å². The third kappa shape index (κ3) is 6.97. The predicted octanol–water partition coefficient (Wildman–Crippen LogP) is 2.47. The second-order valence-corrected chi connectivity index (χ2v) is 8.05. The van der Waals surface area contributed by atoms with Gasteiger partial charge in [0.25, 0.3) is 5.91 Å². The van der Waals surface area contributed by atoms with E-state index in [0.717, 1.165) is 38.0 Å². The van der Waals surface area contributed by atoms with Crippen molar-refractivity contribution in [3.8, 4) is 0 Å². The molecule has 0 spiro atoms. The molecule has 0 aromatic heterocycles. The Morgan fingerprint density at radius 1 is 1.03 bits per heavy atom. The Labute approximate surface area is 178 Å². The van der Waals surface area contributed by atoms with E-state index in [1.165, 1.54) is 5.56 Å². The zero-order valence-corrected chi connectivity index (χ0v) is 17.5. The van der Waals surface area contributed by atoms with Crippen LogP contribution in [-0.4, -0.2) is 47.1 Å². The summed E-state index contributed by atoms with van der Waals surface area (Å²) in [6.45, 7) is 5.04. The van der Waals surface area contributed by atoms with Gasteiger partial charge in [0.15, 0.2) is 0 Å². The third-order valence-electron chi connectivity index (χ3n) is 5.38. The first-order valence-corrected chi connectivity index (χ1v) is 10.6.